The Balaban J connectivity index is 1.35. The Bertz CT molecular complexity index is 1180. The number of ether oxygens (including phenoxy) is 1. The van der Waals surface area contributed by atoms with Crippen LogP contribution in [0.15, 0.2) is 78.2 Å². The van der Waals surface area contributed by atoms with Gasteiger partial charge in [-0.1, -0.05) is 41.9 Å². The lowest BCUT2D eigenvalue weighted by atomic mass is 10.2. The summed E-state index contributed by atoms with van der Waals surface area (Å²) in [5.74, 6) is 0.142. The predicted octanol–water partition coefficient (Wildman–Crippen LogP) is 6.11. The molecule has 0 saturated heterocycles. The van der Waals surface area contributed by atoms with E-state index in [1.165, 1.54) is 23.5 Å². The molecular weight excluding hydrogens is 435 g/mol. The minimum Gasteiger partial charge on any atom is -0.489 e. The number of carbonyl (C=O) groups excluding carboxylic acids is 1. The maximum atomic E-state index is 13.0. The van der Waals surface area contributed by atoms with Crippen molar-refractivity contribution in [2.45, 2.75) is 13.2 Å². The average molecular weight is 453 g/mol. The molecule has 0 saturated carbocycles. The molecule has 0 unspecified atom stereocenters. The minimum atomic E-state index is -0.306. The van der Waals surface area contributed by atoms with E-state index in [2.05, 4.69) is 10.3 Å². The van der Waals surface area contributed by atoms with Gasteiger partial charge in [-0.3, -0.25) is 4.79 Å². The normalized spacial score (nSPS) is 10.6. The van der Waals surface area contributed by atoms with E-state index < -0.39 is 0 Å². The van der Waals surface area contributed by atoms with E-state index in [0.29, 0.717) is 23.9 Å². The first-order valence-electron chi connectivity index (χ1n) is 9.53. The Morgan fingerprint density at radius 1 is 1.03 bits per heavy atom. The van der Waals surface area contributed by atoms with E-state index in [-0.39, 0.29) is 11.7 Å². The highest BCUT2D eigenvalue weighted by Crippen LogP contribution is 2.26. The number of nitrogens with one attached hydrogen (secondary N) is 1. The van der Waals surface area contributed by atoms with Gasteiger partial charge < -0.3 is 10.1 Å². The smallest absolute Gasteiger partial charge is 0.271 e. The summed E-state index contributed by atoms with van der Waals surface area (Å²) in [4.78, 5) is 16.8. The lowest BCUT2D eigenvalue weighted by Gasteiger charge is -2.08. The van der Waals surface area contributed by atoms with Gasteiger partial charge in [-0.2, -0.15) is 0 Å². The zero-order valence-corrected chi connectivity index (χ0v) is 17.9. The van der Waals surface area contributed by atoms with Crippen LogP contribution in [0.25, 0.3) is 10.6 Å². The predicted molar refractivity (Wildman–Crippen MR) is 121 cm³/mol. The first-order chi connectivity index (χ1) is 15.1. The molecule has 1 aromatic heterocycles. The SMILES string of the molecule is O=C(NCc1ccc(F)cc1)c1csc(-c2ccc(OCc3ccccc3Cl)cc2)n1. The van der Waals surface area contributed by atoms with E-state index in [9.17, 15) is 9.18 Å². The molecule has 0 radical (unpaired) electrons. The van der Waals surface area contributed by atoms with Gasteiger partial charge in [0.25, 0.3) is 5.91 Å². The standard InChI is InChI=1S/C24H18ClFN2O2S/c25-21-4-2-1-3-18(21)14-30-20-11-7-17(8-12-20)24-28-22(15-31-24)23(29)27-13-16-5-9-19(26)10-6-16/h1-12,15H,13-14H2,(H,27,29). The molecule has 0 fully saturated rings. The quantitative estimate of drug-likeness (QED) is 0.368. The van der Waals surface area contributed by atoms with Crippen LogP contribution >= 0.6 is 22.9 Å². The summed E-state index contributed by atoms with van der Waals surface area (Å²) in [5.41, 5.74) is 2.98. The van der Waals surface area contributed by atoms with Gasteiger partial charge in [0.05, 0.1) is 0 Å². The monoisotopic (exact) mass is 452 g/mol. The average Bonchev–Trinajstić information content (AvgIpc) is 3.29. The Labute approximate surface area is 188 Å². The highest BCUT2D eigenvalue weighted by atomic mass is 35.5. The van der Waals surface area contributed by atoms with E-state index in [1.54, 1.807) is 17.5 Å². The molecule has 1 N–H and O–H groups in total. The number of thiazole rings is 1. The fraction of sp³-hybridized carbons (Fsp3) is 0.0833. The van der Waals surface area contributed by atoms with Crippen LogP contribution in [0.1, 0.15) is 21.6 Å². The Hall–Kier alpha value is -3.22. The molecule has 4 rings (SSSR count). The molecule has 3 aromatic carbocycles. The molecule has 0 atom stereocenters. The van der Waals surface area contributed by atoms with Crippen molar-refractivity contribution in [1.82, 2.24) is 10.3 Å². The topological polar surface area (TPSA) is 51.2 Å². The summed E-state index contributed by atoms with van der Waals surface area (Å²) < 4.78 is 18.8. The van der Waals surface area contributed by atoms with Crippen molar-refractivity contribution < 1.29 is 13.9 Å². The zero-order valence-electron chi connectivity index (χ0n) is 16.3. The van der Waals surface area contributed by atoms with Crippen LogP contribution in [-0.2, 0) is 13.2 Å². The number of benzene rings is 3. The molecule has 156 valence electrons. The van der Waals surface area contributed by atoms with E-state index in [0.717, 1.165) is 27.4 Å². The van der Waals surface area contributed by atoms with Gasteiger partial charge in [-0.25, -0.2) is 9.37 Å². The number of nitrogens with zero attached hydrogens (tertiary/aromatic N) is 1. The van der Waals surface area contributed by atoms with Crippen molar-refractivity contribution in [3.63, 3.8) is 0 Å². The Morgan fingerprint density at radius 2 is 1.77 bits per heavy atom. The first-order valence-corrected chi connectivity index (χ1v) is 10.8. The second kappa shape index (κ2) is 9.73. The molecule has 1 heterocycles. The lowest BCUT2D eigenvalue weighted by Crippen LogP contribution is -2.23. The third-order valence-corrected chi connectivity index (χ3v) is 5.82. The molecule has 4 nitrogen and oxygen atoms in total. The van der Waals surface area contributed by atoms with Gasteiger partial charge in [0, 0.05) is 28.1 Å². The number of amides is 1. The number of hydrogen-bond donors (Lipinski definition) is 1. The highest BCUT2D eigenvalue weighted by molar-refractivity contribution is 7.13. The molecular formula is C24H18ClFN2O2S. The molecule has 31 heavy (non-hydrogen) atoms. The van der Waals surface area contributed by atoms with Crippen molar-refractivity contribution in [3.05, 3.63) is 106 Å². The minimum absolute atomic E-state index is 0.272. The number of aromatic nitrogens is 1. The second-order valence-electron chi connectivity index (χ2n) is 6.75. The summed E-state index contributed by atoms with van der Waals surface area (Å²) in [6.45, 7) is 0.693. The maximum absolute atomic E-state index is 13.0. The van der Waals surface area contributed by atoms with Gasteiger partial charge in [0.1, 0.15) is 28.9 Å². The lowest BCUT2D eigenvalue weighted by molar-refractivity contribution is 0.0946. The fourth-order valence-electron chi connectivity index (χ4n) is 2.86. The van der Waals surface area contributed by atoms with E-state index in [1.807, 2.05) is 48.5 Å². The summed E-state index contributed by atoms with van der Waals surface area (Å²) in [6, 6.07) is 21.1. The summed E-state index contributed by atoms with van der Waals surface area (Å²) in [6.07, 6.45) is 0. The number of halogens is 2. The van der Waals surface area contributed by atoms with Crippen LogP contribution in [0.3, 0.4) is 0 Å². The number of carbonyl (C=O) groups is 1. The molecule has 7 heteroatoms. The van der Waals surface area contributed by atoms with Gasteiger partial charge in [0.2, 0.25) is 0 Å². The molecule has 0 aliphatic heterocycles. The van der Waals surface area contributed by atoms with Crippen LogP contribution in [0.4, 0.5) is 4.39 Å². The highest BCUT2D eigenvalue weighted by Gasteiger charge is 2.12. The zero-order chi connectivity index (χ0) is 21.6. The van der Waals surface area contributed by atoms with E-state index >= 15 is 0 Å². The van der Waals surface area contributed by atoms with Gasteiger partial charge in [-0.05, 0) is 48.0 Å². The van der Waals surface area contributed by atoms with Crippen LogP contribution in [0.5, 0.6) is 5.75 Å². The van der Waals surface area contributed by atoms with Crippen LogP contribution in [0.2, 0.25) is 5.02 Å². The Morgan fingerprint density at radius 3 is 2.52 bits per heavy atom. The maximum Gasteiger partial charge on any atom is 0.271 e. The van der Waals surface area contributed by atoms with Crippen molar-refractivity contribution >= 4 is 28.8 Å². The van der Waals surface area contributed by atoms with Crippen molar-refractivity contribution in [3.8, 4) is 16.3 Å². The van der Waals surface area contributed by atoms with Gasteiger partial charge in [-0.15, -0.1) is 11.3 Å². The number of rotatable bonds is 7. The second-order valence-corrected chi connectivity index (χ2v) is 8.02. The van der Waals surface area contributed by atoms with Crippen LogP contribution in [-0.4, -0.2) is 10.9 Å². The summed E-state index contributed by atoms with van der Waals surface area (Å²) >= 11 is 7.55. The molecule has 1 amide bonds. The first kappa shape index (κ1) is 21.0. The molecule has 0 spiro atoms. The van der Waals surface area contributed by atoms with Gasteiger partial charge >= 0.3 is 0 Å². The fourth-order valence-corrected chi connectivity index (χ4v) is 3.85. The molecule has 0 bridgehead atoms. The van der Waals surface area contributed by atoms with Crippen molar-refractivity contribution in [2.24, 2.45) is 0 Å². The van der Waals surface area contributed by atoms with Gasteiger partial charge in [0.15, 0.2) is 0 Å². The van der Waals surface area contributed by atoms with E-state index in [4.69, 9.17) is 16.3 Å². The number of hydrogen-bond acceptors (Lipinski definition) is 4. The largest absolute Gasteiger partial charge is 0.489 e. The Kier molecular flexibility index (Phi) is 6.60. The molecule has 0 aliphatic carbocycles. The van der Waals surface area contributed by atoms with Crippen molar-refractivity contribution in [1.29, 1.82) is 0 Å². The van der Waals surface area contributed by atoms with Crippen molar-refractivity contribution in [2.75, 3.05) is 0 Å². The molecule has 0 aliphatic rings. The third-order valence-electron chi connectivity index (χ3n) is 4.56. The summed E-state index contributed by atoms with van der Waals surface area (Å²) in [5, 5.41) is 5.93. The van der Waals surface area contributed by atoms with Crippen LogP contribution in [0, 0.1) is 5.82 Å². The summed E-state index contributed by atoms with van der Waals surface area (Å²) in [7, 11) is 0. The van der Waals surface area contributed by atoms with Crippen LogP contribution < -0.4 is 10.1 Å². The third kappa shape index (κ3) is 5.48. The molecule has 4 aromatic rings.